The molecule has 0 radical (unpaired) electrons. The summed E-state index contributed by atoms with van der Waals surface area (Å²) in [6.07, 6.45) is 2.79. The van der Waals surface area contributed by atoms with Crippen LogP contribution >= 0.6 is 0 Å². The highest BCUT2D eigenvalue weighted by Crippen LogP contribution is 2.30. The molecule has 0 saturated carbocycles. The summed E-state index contributed by atoms with van der Waals surface area (Å²) in [5.74, 6) is -0.248. The molecular weight excluding hydrogens is 424 g/mol. The van der Waals surface area contributed by atoms with Crippen molar-refractivity contribution in [2.45, 2.75) is 17.9 Å². The van der Waals surface area contributed by atoms with E-state index in [1.807, 2.05) is 0 Å². The van der Waals surface area contributed by atoms with Crippen LogP contribution in [0.25, 0.3) is 0 Å². The minimum atomic E-state index is -3.91. The molecule has 0 aliphatic carbocycles. The highest BCUT2D eigenvalue weighted by Gasteiger charge is 2.21. The third-order valence-electron chi connectivity index (χ3n) is 4.51. The Labute approximate surface area is 177 Å². The van der Waals surface area contributed by atoms with E-state index in [0.29, 0.717) is 22.8 Å². The van der Waals surface area contributed by atoms with Crippen molar-refractivity contribution in [3.05, 3.63) is 55.1 Å². The predicted octanol–water partition coefficient (Wildman–Crippen LogP) is 1.61. The van der Waals surface area contributed by atoms with Crippen LogP contribution in [0.5, 0.6) is 5.75 Å². The van der Waals surface area contributed by atoms with E-state index in [-0.39, 0.29) is 23.3 Å². The number of nitrogens with zero attached hydrogens (tertiary/aromatic N) is 3. The summed E-state index contributed by atoms with van der Waals surface area (Å²) in [4.78, 5) is 27.5. The number of ether oxygens (including phenoxy) is 1. The fraction of sp³-hybridized carbons (Fsp3) is 0.158. The molecule has 3 N–H and O–H groups in total. The van der Waals surface area contributed by atoms with Gasteiger partial charge in [0.1, 0.15) is 24.4 Å². The zero-order valence-corrected chi connectivity index (χ0v) is 17.1. The Bertz CT molecular complexity index is 1230. The van der Waals surface area contributed by atoms with Gasteiger partial charge in [0, 0.05) is 11.4 Å². The summed E-state index contributed by atoms with van der Waals surface area (Å²) in [6, 6.07) is 9.84. The first-order chi connectivity index (χ1) is 14.8. The van der Waals surface area contributed by atoms with Crippen LogP contribution in [0.15, 0.2) is 60.0 Å². The topological polar surface area (TPSA) is 144 Å². The van der Waals surface area contributed by atoms with Gasteiger partial charge in [0.25, 0.3) is 15.9 Å². The number of carbonyl (C=O) groups is 2. The predicted molar refractivity (Wildman–Crippen MR) is 111 cm³/mol. The molecule has 0 bridgehead atoms. The van der Waals surface area contributed by atoms with E-state index in [4.69, 9.17) is 4.74 Å². The lowest BCUT2D eigenvalue weighted by Gasteiger charge is -2.18. The molecule has 31 heavy (non-hydrogen) atoms. The van der Waals surface area contributed by atoms with E-state index in [0.717, 1.165) is 0 Å². The van der Waals surface area contributed by atoms with Crippen LogP contribution in [0.1, 0.15) is 13.0 Å². The number of fused-ring (bicyclic) bond motifs is 1. The molecule has 11 nitrogen and oxygen atoms in total. The zero-order valence-electron chi connectivity index (χ0n) is 16.3. The molecular formula is C19H18N6O5S. The van der Waals surface area contributed by atoms with Crippen LogP contribution in [-0.2, 0) is 19.6 Å². The highest BCUT2D eigenvalue weighted by atomic mass is 32.2. The monoisotopic (exact) mass is 442 g/mol. The smallest absolute Gasteiger partial charge is 0.262 e. The maximum Gasteiger partial charge on any atom is 0.262 e. The SMILES string of the molecule is CC(C(=O)Nc1ccc(NS(=O)(=O)c2ccc3c(c2)NC(=O)CO3)cc1)n1cncn1. The Hall–Kier alpha value is -3.93. The average molecular weight is 442 g/mol. The van der Waals surface area contributed by atoms with Crippen molar-refractivity contribution in [3.8, 4) is 5.75 Å². The van der Waals surface area contributed by atoms with E-state index in [9.17, 15) is 18.0 Å². The van der Waals surface area contributed by atoms with E-state index >= 15 is 0 Å². The van der Waals surface area contributed by atoms with Crippen LogP contribution in [-0.4, -0.2) is 41.6 Å². The van der Waals surface area contributed by atoms with Gasteiger partial charge in [0.2, 0.25) is 5.91 Å². The number of benzene rings is 2. The van der Waals surface area contributed by atoms with Gasteiger partial charge in [-0.15, -0.1) is 0 Å². The van der Waals surface area contributed by atoms with Gasteiger partial charge in [0.05, 0.1) is 10.6 Å². The summed E-state index contributed by atoms with van der Waals surface area (Å²) in [5.41, 5.74) is 1.09. The van der Waals surface area contributed by atoms with Gasteiger partial charge in [-0.2, -0.15) is 5.10 Å². The van der Waals surface area contributed by atoms with Gasteiger partial charge in [-0.05, 0) is 49.4 Å². The summed E-state index contributed by atoms with van der Waals surface area (Å²) in [6.45, 7) is 1.57. The standard InChI is InChI=1S/C19H18N6O5S/c1-12(25-11-20-10-21-25)19(27)22-13-2-4-14(5-3-13)24-31(28,29)15-6-7-17-16(8-15)23-18(26)9-30-17/h2-8,10-12,24H,9H2,1H3,(H,22,27)(H,23,26). The zero-order chi connectivity index (χ0) is 22.0. The van der Waals surface area contributed by atoms with Gasteiger partial charge < -0.3 is 15.4 Å². The molecule has 1 aromatic heterocycles. The Morgan fingerprint density at radius 2 is 1.94 bits per heavy atom. The Morgan fingerprint density at radius 3 is 2.65 bits per heavy atom. The Kier molecular flexibility index (Phi) is 5.29. The first-order valence-electron chi connectivity index (χ1n) is 9.16. The van der Waals surface area contributed by atoms with E-state index in [1.165, 1.54) is 47.7 Å². The van der Waals surface area contributed by atoms with E-state index in [1.54, 1.807) is 19.1 Å². The van der Waals surface area contributed by atoms with Crippen molar-refractivity contribution in [1.82, 2.24) is 14.8 Å². The highest BCUT2D eigenvalue weighted by molar-refractivity contribution is 7.92. The number of amides is 2. The molecule has 160 valence electrons. The van der Waals surface area contributed by atoms with Crippen molar-refractivity contribution >= 4 is 38.9 Å². The number of hydrogen-bond donors (Lipinski definition) is 3. The average Bonchev–Trinajstić information content (AvgIpc) is 3.28. The maximum atomic E-state index is 12.7. The summed E-state index contributed by atoms with van der Waals surface area (Å²) in [5, 5.41) is 9.24. The van der Waals surface area contributed by atoms with Crippen molar-refractivity contribution in [2.75, 3.05) is 22.0 Å². The van der Waals surface area contributed by atoms with Crippen LogP contribution < -0.4 is 20.1 Å². The molecule has 0 spiro atoms. The number of nitrogens with one attached hydrogen (secondary N) is 3. The molecule has 2 aromatic carbocycles. The number of sulfonamides is 1. The Morgan fingerprint density at radius 1 is 1.19 bits per heavy atom. The van der Waals surface area contributed by atoms with E-state index < -0.39 is 16.1 Å². The molecule has 0 saturated heterocycles. The number of hydrogen-bond acceptors (Lipinski definition) is 7. The van der Waals surface area contributed by atoms with Crippen LogP contribution in [0.4, 0.5) is 17.1 Å². The van der Waals surface area contributed by atoms with Crippen molar-refractivity contribution in [2.24, 2.45) is 0 Å². The second kappa shape index (κ2) is 8.07. The molecule has 3 aromatic rings. The first kappa shape index (κ1) is 20.3. The quantitative estimate of drug-likeness (QED) is 0.526. The van der Waals surface area contributed by atoms with Gasteiger partial charge in [-0.1, -0.05) is 0 Å². The molecule has 1 aliphatic heterocycles. The lowest BCUT2D eigenvalue weighted by Crippen LogP contribution is -2.25. The Balaban J connectivity index is 1.44. The van der Waals surface area contributed by atoms with Crippen LogP contribution in [0.3, 0.4) is 0 Å². The van der Waals surface area contributed by atoms with Crippen molar-refractivity contribution in [3.63, 3.8) is 0 Å². The van der Waals surface area contributed by atoms with Crippen LogP contribution in [0, 0.1) is 0 Å². The molecule has 1 atom stereocenters. The number of carbonyl (C=O) groups excluding carboxylic acids is 2. The second-order valence-corrected chi connectivity index (χ2v) is 8.40. The summed E-state index contributed by atoms with van der Waals surface area (Å²) >= 11 is 0. The lowest BCUT2D eigenvalue weighted by atomic mass is 10.2. The minimum Gasteiger partial charge on any atom is -0.482 e. The maximum absolute atomic E-state index is 12.7. The second-order valence-electron chi connectivity index (χ2n) is 6.72. The molecule has 1 aliphatic rings. The normalized spacial score (nSPS) is 14.0. The van der Waals surface area contributed by atoms with Crippen molar-refractivity contribution < 1.29 is 22.7 Å². The third-order valence-corrected chi connectivity index (χ3v) is 5.89. The van der Waals surface area contributed by atoms with Gasteiger partial charge in [-0.3, -0.25) is 14.3 Å². The summed E-state index contributed by atoms with van der Waals surface area (Å²) < 4.78 is 34.5. The van der Waals surface area contributed by atoms with E-state index in [2.05, 4.69) is 25.4 Å². The molecule has 0 fully saturated rings. The number of rotatable bonds is 6. The molecule has 2 heterocycles. The fourth-order valence-corrected chi connectivity index (χ4v) is 3.93. The molecule has 4 rings (SSSR count). The first-order valence-corrected chi connectivity index (χ1v) is 10.6. The van der Waals surface area contributed by atoms with Crippen molar-refractivity contribution in [1.29, 1.82) is 0 Å². The largest absolute Gasteiger partial charge is 0.482 e. The minimum absolute atomic E-state index is 0.0314. The van der Waals surface area contributed by atoms with Crippen LogP contribution in [0.2, 0.25) is 0 Å². The van der Waals surface area contributed by atoms with Gasteiger partial charge >= 0.3 is 0 Å². The summed E-state index contributed by atoms with van der Waals surface area (Å²) in [7, 11) is -3.91. The molecule has 1 unspecified atom stereocenters. The molecule has 12 heteroatoms. The fourth-order valence-electron chi connectivity index (χ4n) is 2.85. The van der Waals surface area contributed by atoms with Gasteiger partial charge in [-0.25, -0.2) is 18.1 Å². The lowest BCUT2D eigenvalue weighted by molar-refractivity contribution is -0.119. The third kappa shape index (κ3) is 4.48. The number of aromatic nitrogens is 3. The molecule has 2 amide bonds. The number of anilines is 3. The van der Waals surface area contributed by atoms with Gasteiger partial charge in [0.15, 0.2) is 6.61 Å².